The van der Waals surface area contributed by atoms with Gasteiger partial charge >= 0.3 is 0 Å². The average molecular weight is 341 g/mol. The molecule has 1 aliphatic rings. The van der Waals surface area contributed by atoms with E-state index in [1.54, 1.807) is 12.1 Å². The molecule has 25 heavy (non-hydrogen) atoms. The molecule has 1 aromatic heterocycles. The third-order valence-electron chi connectivity index (χ3n) is 4.80. The number of aryl methyl sites for hydroxylation is 1. The second kappa shape index (κ2) is 7.09. The molecule has 3 rings (SSSR count). The van der Waals surface area contributed by atoms with Gasteiger partial charge in [-0.3, -0.25) is 9.59 Å². The first kappa shape index (κ1) is 17.2. The number of hydrogen-bond acceptors (Lipinski definition) is 4. The van der Waals surface area contributed by atoms with Crippen LogP contribution in [0.5, 0.6) is 5.75 Å². The quantitative estimate of drug-likeness (QED) is 0.898. The Morgan fingerprint density at radius 1 is 1.28 bits per heavy atom. The summed E-state index contributed by atoms with van der Waals surface area (Å²) in [6, 6.07) is 8.37. The maximum Gasteiger partial charge on any atom is 0.275 e. The van der Waals surface area contributed by atoms with Crippen molar-refractivity contribution in [2.75, 3.05) is 0 Å². The Hall–Kier alpha value is -2.63. The SMILES string of the molecule is Cc1cccc(-n2nc(C(=O)NC3CCCCC3C)c(O)cc2=O)c1. The van der Waals surface area contributed by atoms with E-state index in [0.717, 1.165) is 35.6 Å². The van der Waals surface area contributed by atoms with Gasteiger partial charge in [-0.15, -0.1) is 0 Å². The molecule has 6 nitrogen and oxygen atoms in total. The Morgan fingerprint density at radius 2 is 2.04 bits per heavy atom. The lowest BCUT2D eigenvalue weighted by atomic mass is 9.86. The molecular formula is C19H23N3O3. The van der Waals surface area contributed by atoms with Gasteiger partial charge in [-0.05, 0) is 43.4 Å². The number of nitrogens with zero attached hydrogens (tertiary/aromatic N) is 2. The van der Waals surface area contributed by atoms with E-state index in [4.69, 9.17) is 0 Å². The number of carbonyl (C=O) groups is 1. The van der Waals surface area contributed by atoms with Crippen molar-refractivity contribution in [3.05, 3.63) is 51.9 Å². The summed E-state index contributed by atoms with van der Waals surface area (Å²) in [7, 11) is 0. The van der Waals surface area contributed by atoms with Gasteiger partial charge in [-0.25, -0.2) is 0 Å². The summed E-state index contributed by atoms with van der Waals surface area (Å²) < 4.78 is 1.14. The van der Waals surface area contributed by atoms with Crippen molar-refractivity contribution in [3.63, 3.8) is 0 Å². The van der Waals surface area contributed by atoms with E-state index in [-0.39, 0.29) is 11.7 Å². The van der Waals surface area contributed by atoms with Gasteiger partial charge in [0, 0.05) is 12.1 Å². The molecule has 1 saturated carbocycles. The zero-order valence-corrected chi connectivity index (χ0v) is 14.5. The Balaban J connectivity index is 1.92. The number of rotatable bonds is 3. The number of amides is 1. The van der Waals surface area contributed by atoms with Crippen LogP contribution in [0.1, 0.15) is 48.7 Å². The van der Waals surface area contributed by atoms with Crippen molar-refractivity contribution >= 4 is 5.91 Å². The van der Waals surface area contributed by atoms with Crippen LogP contribution in [0.25, 0.3) is 5.69 Å². The number of carbonyl (C=O) groups excluding carboxylic acids is 1. The van der Waals surface area contributed by atoms with Crippen molar-refractivity contribution < 1.29 is 9.90 Å². The molecule has 2 atom stereocenters. The van der Waals surface area contributed by atoms with Crippen molar-refractivity contribution in [3.8, 4) is 11.4 Å². The van der Waals surface area contributed by atoms with E-state index >= 15 is 0 Å². The molecule has 1 fully saturated rings. The van der Waals surface area contributed by atoms with Crippen molar-refractivity contribution in [1.29, 1.82) is 0 Å². The minimum Gasteiger partial charge on any atom is -0.505 e. The number of nitrogens with one attached hydrogen (secondary N) is 1. The van der Waals surface area contributed by atoms with Crippen molar-refractivity contribution in [2.45, 2.75) is 45.6 Å². The molecule has 0 radical (unpaired) electrons. The highest BCUT2D eigenvalue weighted by Gasteiger charge is 2.25. The smallest absolute Gasteiger partial charge is 0.275 e. The maximum absolute atomic E-state index is 12.6. The van der Waals surface area contributed by atoms with Gasteiger partial charge in [-0.1, -0.05) is 31.9 Å². The highest BCUT2D eigenvalue weighted by atomic mass is 16.3. The fraction of sp³-hybridized carbons (Fsp3) is 0.421. The highest BCUT2D eigenvalue weighted by Crippen LogP contribution is 2.24. The summed E-state index contributed by atoms with van der Waals surface area (Å²) in [5.41, 5.74) is 0.927. The largest absolute Gasteiger partial charge is 0.505 e. The fourth-order valence-corrected chi connectivity index (χ4v) is 3.32. The maximum atomic E-state index is 12.6. The molecule has 1 aliphatic carbocycles. The van der Waals surface area contributed by atoms with Crippen LogP contribution in [0.3, 0.4) is 0 Å². The minimum absolute atomic E-state index is 0.0711. The third kappa shape index (κ3) is 3.73. The lowest BCUT2D eigenvalue weighted by molar-refractivity contribution is 0.0900. The van der Waals surface area contributed by atoms with Crippen LogP contribution in [0, 0.1) is 12.8 Å². The molecule has 0 aliphatic heterocycles. The predicted octanol–water partition coefficient (Wildman–Crippen LogP) is 2.56. The van der Waals surface area contributed by atoms with Crippen molar-refractivity contribution in [2.24, 2.45) is 5.92 Å². The minimum atomic E-state index is -0.481. The summed E-state index contributed by atoms with van der Waals surface area (Å²) in [5.74, 6) is -0.449. The first-order valence-electron chi connectivity index (χ1n) is 8.67. The van der Waals surface area contributed by atoms with E-state index in [9.17, 15) is 14.7 Å². The second-order valence-corrected chi connectivity index (χ2v) is 6.81. The lowest BCUT2D eigenvalue weighted by Crippen LogP contribution is -2.42. The summed E-state index contributed by atoms with van der Waals surface area (Å²) >= 11 is 0. The van der Waals surface area contributed by atoms with Crippen LogP contribution in [0.15, 0.2) is 35.1 Å². The fourth-order valence-electron chi connectivity index (χ4n) is 3.32. The van der Waals surface area contributed by atoms with Crippen LogP contribution < -0.4 is 10.9 Å². The predicted molar refractivity (Wildman–Crippen MR) is 95.1 cm³/mol. The van der Waals surface area contributed by atoms with E-state index in [1.165, 1.54) is 6.42 Å². The van der Waals surface area contributed by atoms with Gasteiger partial charge in [0.05, 0.1) is 5.69 Å². The van der Waals surface area contributed by atoms with E-state index < -0.39 is 17.2 Å². The molecule has 2 unspecified atom stereocenters. The molecule has 0 bridgehead atoms. The van der Waals surface area contributed by atoms with Gasteiger partial charge < -0.3 is 10.4 Å². The average Bonchev–Trinajstić information content (AvgIpc) is 2.57. The molecule has 132 valence electrons. The Morgan fingerprint density at radius 3 is 2.76 bits per heavy atom. The van der Waals surface area contributed by atoms with Crippen LogP contribution in [-0.2, 0) is 0 Å². The molecule has 1 amide bonds. The van der Waals surface area contributed by atoms with Crippen LogP contribution in [0.4, 0.5) is 0 Å². The first-order chi connectivity index (χ1) is 12.0. The zero-order valence-electron chi connectivity index (χ0n) is 14.5. The van der Waals surface area contributed by atoms with Gasteiger partial charge in [-0.2, -0.15) is 9.78 Å². The number of benzene rings is 1. The Bertz CT molecular complexity index is 844. The number of hydrogen-bond donors (Lipinski definition) is 2. The van der Waals surface area contributed by atoms with Gasteiger partial charge in [0.2, 0.25) is 0 Å². The summed E-state index contributed by atoms with van der Waals surface area (Å²) in [4.78, 5) is 24.8. The number of aromatic hydroxyl groups is 1. The molecule has 6 heteroatoms. The second-order valence-electron chi connectivity index (χ2n) is 6.81. The van der Waals surface area contributed by atoms with Crippen LogP contribution in [0.2, 0.25) is 0 Å². The summed E-state index contributed by atoms with van der Waals surface area (Å²) in [6.45, 7) is 4.03. The standard InChI is InChI=1S/C19H23N3O3/c1-12-6-5-8-14(10-12)22-17(24)11-16(23)18(21-22)19(25)20-15-9-4-3-7-13(15)2/h5-6,8,10-11,13,15,23H,3-4,7,9H2,1-2H3,(H,20,25). The molecule has 2 N–H and O–H groups in total. The Labute approximate surface area is 146 Å². The highest BCUT2D eigenvalue weighted by molar-refractivity contribution is 5.94. The molecule has 2 aromatic rings. The lowest BCUT2D eigenvalue weighted by Gasteiger charge is -2.29. The molecular weight excluding hydrogens is 318 g/mol. The first-order valence-corrected chi connectivity index (χ1v) is 8.67. The van der Waals surface area contributed by atoms with Gasteiger partial charge in [0.25, 0.3) is 11.5 Å². The zero-order chi connectivity index (χ0) is 18.0. The monoisotopic (exact) mass is 341 g/mol. The van der Waals surface area contributed by atoms with E-state index in [2.05, 4.69) is 17.3 Å². The normalized spacial score (nSPS) is 20.2. The summed E-state index contributed by atoms with van der Waals surface area (Å²) in [6.07, 6.45) is 4.26. The molecule has 0 spiro atoms. The van der Waals surface area contributed by atoms with Crippen molar-refractivity contribution in [1.82, 2.24) is 15.1 Å². The molecule has 1 heterocycles. The van der Waals surface area contributed by atoms with Gasteiger partial charge in [0.15, 0.2) is 11.4 Å². The summed E-state index contributed by atoms with van der Waals surface area (Å²) in [5, 5.41) is 17.1. The third-order valence-corrected chi connectivity index (χ3v) is 4.80. The Kier molecular flexibility index (Phi) is 4.88. The van der Waals surface area contributed by atoms with Gasteiger partial charge in [0.1, 0.15) is 0 Å². The topological polar surface area (TPSA) is 84.2 Å². The van der Waals surface area contributed by atoms with E-state index in [1.807, 2.05) is 19.1 Å². The number of aromatic nitrogens is 2. The molecule has 0 saturated heterocycles. The molecule has 1 aromatic carbocycles. The van der Waals surface area contributed by atoms with E-state index in [0.29, 0.717) is 11.6 Å². The van der Waals surface area contributed by atoms with Crippen LogP contribution >= 0.6 is 0 Å². The van der Waals surface area contributed by atoms with Crippen LogP contribution in [-0.4, -0.2) is 26.8 Å².